The first-order valence-corrected chi connectivity index (χ1v) is 23.9. The summed E-state index contributed by atoms with van der Waals surface area (Å²) in [6.45, 7) is 7.14. The first kappa shape index (κ1) is 35.2. The second-order valence-electron chi connectivity index (χ2n) is 16.8. The van der Waals surface area contributed by atoms with Crippen molar-refractivity contribution in [1.82, 2.24) is 15.0 Å². The molecule has 0 amide bonds. The van der Waals surface area contributed by atoms with Crippen LogP contribution in [-0.2, 0) is 5.41 Å². The second kappa shape index (κ2) is 13.5. The molecule has 0 aliphatic heterocycles. The van der Waals surface area contributed by atoms with Crippen LogP contribution in [0.15, 0.2) is 194 Å². The molecular formula is C55H41N3Si. The molecule has 0 atom stereocenters. The Hall–Kier alpha value is -7.01. The normalized spacial score (nSPS) is 13.1. The van der Waals surface area contributed by atoms with E-state index in [2.05, 4.69) is 214 Å². The van der Waals surface area contributed by atoms with Gasteiger partial charge in [-0.05, 0) is 78.9 Å². The number of benzene rings is 8. The summed E-state index contributed by atoms with van der Waals surface area (Å²) in [6, 6.07) is 70.4. The van der Waals surface area contributed by atoms with E-state index in [0.29, 0.717) is 17.5 Å². The monoisotopic (exact) mass is 771 g/mol. The van der Waals surface area contributed by atoms with Crippen LogP contribution >= 0.6 is 0 Å². The lowest BCUT2D eigenvalue weighted by atomic mass is 9.70. The molecule has 280 valence electrons. The first-order valence-electron chi connectivity index (χ1n) is 20.4. The molecule has 0 fully saturated rings. The number of aromatic nitrogens is 3. The van der Waals surface area contributed by atoms with E-state index in [-0.39, 0.29) is 0 Å². The summed E-state index contributed by atoms with van der Waals surface area (Å²) in [5.41, 5.74) is 17.4. The minimum atomic E-state index is -1.50. The Labute approximate surface area is 346 Å². The standard InChI is InChI=1S/C55H41N3Si/c1-59(2,3)43-31-28-39(29-32-43)52-56-53(41-17-13-16-40(34-41)38-26-24-37(25-27-38)36-14-5-4-6-15-36)58-54(57-52)42-30-33-47-46-20-9-12-23-50(46)55(51(47)35-42)48-21-10-7-18-44(48)45-19-8-11-22-49(45)55/h4-35H,1-3H3. The molecule has 1 heterocycles. The van der Waals surface area contributed by atoms with Gasteiger partial charge in [-0.3, -0.25) is 0 Å². The van der Waals surface area contributed by atoms with Gasteiger partial charge in [-0.15, -0.1) is 0 Å². The molecule has 0 bridgehead atoms. The zero-order chi connectivity index (χ0) is 39.7. The highest BCUT2D eigenvalue weighted by molar-refractivity contribution is 6.88. The lowest BCUT2D eigenvalue weighted by Gasteiger charge is -2.30. The lowest BCUT2D eigenvalue weighted by Crippen LogP contribution is -2.37. The van der Waals surface area contributed by atoms with E-state index in [0.717, 1.165) is 27.8 Å². The van der Waals surface area contributed by atoms with Gasteiger partial charge in [0.2, 0.25) is 0 Å². The Kier molecular flexibility index (Phi) is 8.07. The Morgan fingerprint density at radius 2 is 0.695 bits per heavy atom. The molecule has 0 saturated carbocycles. The van der Waals surface area contributed by atoms with Gasteiger partial charge in [-0.2, -0.15) is 0 Å². The van der Waals surface area contributed by atoms with Crippen molar-refractivity contribution in [2.45, 2.75) is 25.1 Å². The van der Waals surface area contributed by atoms with Crippen molar-refractivity contribution in [1.29, 1.82) is 0 Å². The fraction of sp³-hybridized carbons (Fsp3) is 0.0727. The number of hydrogen-bond acceptors (Lipinski definition) is 3. The molecular weight excluding hydrogens is 731 g/mol. The molecule has 1 aromatic heterocycles. The average Bonchev–Trinajstić information content (AvgIpc) is 3.76. The van der Waals surface area contributed by atoms with Crippen LogP contribution < -0.4 is 5.19 Å². The van der Waals surface area contributed by atoms with E-state index in [9.17, 15) is 0 Å². The van der Waals surface area contributed by atoms with Gasteiger partial charge in [0, 0.05) is 16.7 Å². The number of rotatable bonds is 6. The maximum Gasteiger partial charge on any atom is 0.164 e. The highest BCUT2D eigenvalue weighted by Crippen LogP contribution is 2.63. The smallest absolute Gasteiger partial charge is 0.164 e. The van der Waals surface area contributed by atoms with Gasteiger partial charge in [0.25, 0.3) is 0 Å². The average molecular weight is 772 g/mol. The Bertz CT molecular complexity index is 3010. The Morgan fingerprint density at radius 1 is 0.305 bits per heavy atom. The fourth-order valence-corrected chi connectivity index (χ4v) is 10.6. The molecule has 2 aliphatic rings. The largest absolute Gasteiger partial charge is 0.208 e. The van der Waals surface area contributed by atoms with E-state index in [4.69, 9.17) is 15.0 Å². The highest BCUT2D eigenvalue weighted by Gasteiger charge is 2.51. The summed E-state index contributed by atoms with van der Waals surface area (Å²) in [4.78, 5) is 15.8. The minimum absolute atomic E-state index is 0.453. The molecule has 3 nitrogen and oxygen atoms in total. The van der Waals surface area contributed by atoms with E-state index < -0.39 is 13.5 Å². The van der Waals surface area contributed by atoms with Crippen molar-refractivity contribution in [2.24, 2.45) is 0 Å². The number of fused-ring (bicyclic) bond motifs is 10. The zero-order valence-corrected chi connectivity index (χ0v) is 34.3. The Morgan fingerprint density at radius 3 is 1.25 bits per heavy atom. The summed E-state index contributed by atoms with van der Waals surface area (Å²) < 4.78 is 0. The van der Waals surface area contributed by atoms with Crippen molar-refractivity contribution in [3.63, 3.8) is 0 Å². The summed E-state index contributed by atoms with van der Waals surface area (Å²) in [7, 11) is -1.50. The highest BCUT2D eigenvalue weighted by atomic mass is 28.3. The van der Waals surface area contributed by atoms with Gasteiger partial charge >= 0.3 is 0 Å². The third-order valence-corrected chi connectivity index (χ3v) is 14.4. The van der Waals surface area contributed by atoms with Crippen molar-refractivity contribution in [2.75, 3.05) is 0 Å². The van der Waals surface area contributed by atoms with E-state index >= 15 is 0 Å². The third kappa shape index (κ3) is 5.66. The van der Waals surface area contributed by atoms with Gasteiger partial charge in [-0.25, -0.2) is 15.0 Å². The fourth-order valence-electron chi connectivity index (χ4n) is 9.44. The molecule has 4 heteroatoms. The lowest BCUT2D eigenvalue weighted by molar-refractivity contribution is 0.794. The van der Waals surface area contributed by atoms with Gasteiger partial charge < -0.3 is 0 Å². The van der Waals surface area contributed by atoms with Crippen LogP contribution in [0.3, 0.4) is 0 Å². The maximum absolute atomic E-state index is 5.31. The van der Waals surface area contributed by atoms with Crippen LogP contribution in [0.25, 0.3) is 78.7 Å². The SMILES string of the molecule is C[Si](C)(C)c1ccc(-c2nc(-c3cccc(-c4ccc(-c5ccccc5)cc4)c3)nc(-c3ccc4c(c3)C3(c5ccccc5-c5ccccc53)c3ccccc3-4)n2)cc1. The molecule has 0 N–H and O–H groups in total. The first-order chi connectivity index (χ1) is 28.9. The number of hydrogen-bond donors (Lipinski definition) is 0. The van der Waals surface area contributed by atoms with Crippen LogP contribution in [0.4, 0.5) is 0 Å². The molecule has 8 aromatic carbocycles. The third-order valence-electron chi connectivity index (χ3n) is 12.3. The van der Waals surface area contributed by atoms with E-state index in [1.54, 1.807) is 0 Å². The number of nitrogens with zero attached hydrogens (tertiary/aromatic N) is 3. The second-order valence-corrected chi connectivity index (χ2v) is 21.9. The van der Waals surface area contributed by atoms with Crippen molar-refractivity contribution in [3.8, 4) is 78.7 Å². The molecule has 11 rings (SSSR count). The van der Waals surface area contributed by atoms with Gasteiger partial charge in [0.1, 0.15) is 0 Å². The molecule has 1 spiro atoms. The van der Waals surface area contributed by atoms with Crippen molar-refractivity contribution in [3.05, 3.63) is 216 Å². The molecule has 0 saturated heterocycles. The van der Waals surface area contributed by atoms with E-state index in [1.165, 1.54) is 60.8 Å². The van der Waals surface area contributed by atoms with Crippen LogP contribution in [0.1, 0.15) is 22.3 Å². The molecule has 0 unspecified atom stereocenters. The summed E-state index contributed by atoms with van der Waals surface area (Å²) >= 11 is 0. The predicted molar refractivity (Wildman–Crippen MR) is 246 cm³/mol. The molecule has 59 heavy (non-hydrogen) atoms. The van der Waals surface area contributed by atoms with Gasteiger partial charge in [0.05, 0.1) is 13.5 Å². The predicted octanol–water partition coefficient (Wildman–Crippen LogP) is 13.1. The summed E-state index contributed by atoms with van der Waals surface area (Å²) in [6.07, 6.45) is 0. The Balaban J connectivity index is 1.08. The minimum Gasteiger partial charge on any atom is -0.208 e. The van der Waals surface area contributed by atoms with Gasteiger partial charge in [0.15, 0.2) is 17.5 Å². The summed E-state index contributed by atoms with van der Waals surface area (Å²) in [5.74, 6) is 1.97. The molecule has 2 aliphatic carbocycles. The van der Waals surface area contributed by atoms with Gasteiger partial charge in [-0.1, -0.05) is 207 Å². The van der Waals surface area contributed by atoms with E-state index in [1.807, 2.05) is 0 Å². The molecule has 9 aromatic rings. The molecule has 0 radical (unpaired) electrons. The van der Waals surface area contributed by atoms with Crippen LogP contribution in [0.5, 0.6) is 0 Å². The van der Waals surface area contributed by atoms with Crippen LogP contribution in [0.2, 0.25) is 19.6 Å². The van der Waals surface area contributed by atoms with Crippen LogP contribution in [-0.4, -0.2) is 23.0 Å². The maximum atomic E-state index is 5.31. The van der Waals surface area contributed by atoms with Crippen molar-refractivity contribution < 1.29 is 0 Å². The quantitative estimate of drug-likeness (QED) is 0.158. The van der Waals surface area contributed by atoms with Crippen molar-refractivity contribution >= 4 is 13.3 Å². The topological polar surface area (TPSA) is 38.7 Å². The van der Waals surface area contributed by atoms with Crippen LogP contribution in [0, 0.1) is 0 Å². The summed E-state index contributed by atoms with van der Waals surface area (Å²) in [5, 5.41) is 1.40. The zero-order valence-electron chi connectivity index (χ0n) is 33.3.